The highest BCUT2D eigenvalue weighted by atomic mass is 16.7. The highest BCUT2D eigenvalue weighted by Crippen LogP contribution is 2.47. The molecule has 2 aromatic rings. The molecule has 5 heterocycles. The second kappa shape index (κ2) is 26.5. The molecule has 20 nitrogen and oxygen atoms in total. The van der Waals surface area contributed by atoms with Crippen LogP contribution in [0.2, 0.25) is 0 Å². The Morgan fingerprint density at radius 3 is 2.35 bits per heavy atom. The van der Waals surface area contributed by atoms with Crippen LogP contribution < -0.4 is 10.3 Å². The van der Waals surface area contributed by atoms with E-state index in [9.17, 15) is 24.9 Å². The summed E-state index contributed by atoms with van der Waals surface area (Å²) < 4.78 is 46.0. The van der Waals surface area contributed by atoms with E-state index >= 15 is 0 Å². The summed E-state index contributed by atoms with van der Waals surface area (Å²) in [6.45, 7) is 26.1. The Balaban J connectivity index is 1.14. The SMILES string of the molecule is CC[C@H]1OC(=O)[C@H](C)[C@@H](C2C[C@@](C)(OC)[C@@H](O)[C@H](C)O2)[C@H](C)[C@@H](O[C@H]2C[C@@H](N(C)CCC3=CN(CCCOc4ccc(-n5cc(COC(C)=O)nn5)cc4)NN3C)C[C@@H](C)O2)C(C)(C)C[C@@H](C)CN(C)[C@H](C)[C@@H](O)[C@]1(C)O. The number of aromatic nitrogens is 3. The topological polar surface area (TPSA) is 215 Å². The van der Waals surface area contributed by atoms with Gasteiger partial charge in [0, 0.05) is 96.3 Å². The quantitative estimate of drug-likeness (QED) is 0.108. The summed E-state index contributed by atoms with van der Waals surface area (Å²) in [7, 11) is 7.78. The van der Waals surface area contributed by atoms with Gasteiger partial charge in [0.05, 0.1) is 54.4 Å². The normalized spacial score (nSPS) is 36.0. The molecule has 0 amide bonds. The molecule has 0 aliphatic carbocycles. The van der Waals surface area contributed by atoms with Crippen molar-refractivity contribution in [3.8, 4) is 11.4 Å². The molecular weight excluding hydrogens is 989 g/mol. The third kappa shape index (κ3) is 15.5. The maximum absolute atomic E-state index is 14.7. The van der Waals surface area contributed by atoms with E-state index < -0.39 is 83.4 Å². The Bertz CT molecular complexity index is 2230. The summed E-state index contributed by atoms with van der Waals surface area (Å²) in [5.74, 6) is -1.50. The summed E-state index contributed by atoms with van der Waals surface area (Å²) >= 11 is 0. The van der Waals surface area contributed by atoms with Gasteiger partial charge in [0.2, 0.25) is 0 Å². The average molecular weight is 1090 g/mol. The lowest BCUT2D eigenvalue weighted by Crippen LogP contribution is -2.60. The zero-order chi connectivity index (χ0) is 56.7. The molecule has 77 heavy (non-hydrogen) atoms. The number of rotatable bonds is 17. The minimum Gasteiger partial charge on any atom is -0.494 e. The molecule has 0 saturated carbocycles. The lowest BCUT2D eigenvalue weighted by Gasteiger charge is -2.51. The van der Waals surface area contributed by atoms with Crippen molar-refractivity contribution in [1.82, 2.24) is 40.3 Å². The molecule has 6 rings (SSSR count). The van der Waals surface area contributed by atoms with Gasteiger partial charge in [-0.3, -0.25) is 19.6 Å². The smallest absolute Gasteiger partial charge is 0.309 e. The average Bonchev–Trinajstić information content (AvgIpc) is 4.02. The van der Waals surface area contributed by atoms with Crippen LogP contribution in [0.25, 0.3) is 5.69 Å². The van der Waals surface area contributed by atoms with Gasteiger partial charge >= 0.3 is 11.9 Å². The van der Waals surface area contributed by atoms with Gasteiger partial charge in [-0.2, -0.15) is 0 Å². The van der Waals surface area contributed by atoms with Gasteiger partial charge in [-0.1, -0.05) is 46.8 Å². The molecule has 16 atom stereocenters. The summed E-state index contributed by atoms with van der Waals surface area (Å²) in [5.41, 5.74) is 2.85. The van der Waals surface area contributed by atoms with Gasteiger partial charge in [-0.15, -0.1) is 10.6 Å². The maximum Gasteiger partial charge on any atom is 0.309 e. The number of nitrogens with one attached hydrogen (secondary N) is 1. The summed E-state index contributed by atoms with van der Waals surface area (Å²) in [4.78, 5) is 30.4. The third-order valence-corrected chi connectivity index (χ3v) is 17.3. The van der Waals surface area contributed by atoms with Gasteiger partial charge in [0.1, 0.15) is 42.0 Å². The van der Waals surface area contributed by atoms with E-state index in [-0.39, 0.29) is 36.6 Å². The second-order valence-electron chi connectivity index (χ2n) is 24.1. The number of aliphatic hydroxyl groups is 3. The van der Waals surface area contributed by atoms with Crippen molar-refractivity contribution in [2.45, 2.75) is 207 Å². The van der Waals surface area contributed by atoms with Crippen LogP contribution in [0.1, 0.15) is 134 Å². The number of cyclic esters (lactones) is 1. The number of carbonyl (C=O) groups excluding carboxylic acids is 2. The first-order chi connectivity index (χ1) is 36.2. The number of benzene rings is 1. The molecule has 1 aromatic carbocycles. The fourth-order valence-electron chi connectivity index (χ4n) is 12.7. The van der Waals surface area contributed by atoms with Crippen LogP contribution in [0.3, 0.4) is 0 Å². The molecule has 20 heteroatoms. The summed E-state index contributed by atoms with van der Waals surface area (Å²) in [6.07, 6.45) is 3.10. The van der Waals surface area contributed by atoms with Crippen molar-refractivity contribution in [1.29, 1.82) is 0 Å². The first-order valence-corrected chi connectivity index (χ1v) is 28.1. The fraction of sp³-hybridized carbons (Fsp3) is 0.789. The Morgan fingerprint density at radius 1 is 0.987 bits per heavy atom. The predicted octanol–water partition coefficient (Wildman–Crippen LogP) is 5.86. The molecule has 0 radical (unpaired) electrons. The van der Waals surface area contributed by atoms with E-state index in [1.165, 1.54) is 12.6 Å². The van der Waals surface area contributed by atoms with Crippen molar-refractivity contribution in [2.75, 3.05) is 54.5 Å². The van der Waals surface area contributed by atoms with E-state index in [1.807, 2.05) is 73.0 Å². The number of hydrazine groups is 2. The van der Waals surface area contributed by atoms with Crippen LogP contribution in [0.5, 0.6) is 5.75 Å². The van der Waals surface area contributed by atoms with Crippen LogP contribution in [0, 0.1) is 29.1 Å². The van der Waals surface area contributed by atoms with Crippen molar-refractivity contribution < 1.29 is 58.1 Å². The van der Waals surface area contributed by atoms with E-state index in [0.29, 0.717) is 38.1 Å². The lowest BCUT2D eigenvalue weighted by atomic mass is 9.65. The number of aliphatic hydroxyl groups excluding tert-OH is 2. The summed E-state index contributed by atoms with van der Waals surface area (Å²) in [5, 5.41) is 47.5. The maximum atomic E-state index is 14.7. The van der Waals surface area contributed by atoms with Crippen molar-refractivity contribution in [3.63, 3.8) is 0 Å². The lowest BCUT2D eigenvalue weighted by molar-refractivity contribution is -0.265. The minimum absolute atomic E-state index is 0.0749. The van der Waals surface area contributed by atoms with E-state index in [1.54, 1.807) is 24.9 Å². The van der Waals surface area contributed by atoms with Gasteiger partial charge < -0.3 is 58.3 Å². The van der Waals surface area contributed by atoms with Gasteiger partial charge in [0.15, 0.2) is 6.29 Å². The fourth-order valence-corrected chi connectivity index (χ4v) is 12.7. The van der Waals surface area contributed by atoms with Crippen molar-refractivity contribution >= 4 is 11.9 Å². The molecule has 0 spiro atoms. The van der Waals surface area contributed by atoms with E-state index in [2.05, 4.69) is 83.5 Å². The third-order valence-electron chi connectivity index (χ3n) is 17.3. The Morgan fingerprint density at radius 2 is 1.69 bits per heavy atom. The number of ether oxygens (including phenoxy) is 7. The first kappa shape index (κ1) is 62.2. The predicted molar refractivity (Wildman–Crippen MR) is 291 cm³/mol. The molecule has 1 unspecified atom stereocenters. The Labute approximate surface area is 458 Å². The highest BCUT2D eigenvalue weighted by molar-refractivity contribution is 5.73. The van der Waals surface area contributed by atoms with Crippen LogP contribution in [0.4, 0.5) is 0 Å². The van der Waals surface area contributed by atoms with Crippen LogP contribution in [-0.4, -0.2) is 189 Å². The van der Waals surface area contributed by atoms with Crippen LogP contribution in [0.15, 0.2) is 42.4 Å². The van der Waals surface area contributed by atoms with E-state index in [0.717, 1.165) is 50.2 Å². The van der Waals surface area contributed by atoms with E-state index in [4.69, 9.17) is 33.2 Å². The number of hydrogen-bond donors (Lipinski definition) is 4. The van der Waals surface area contributed by atoms with Crippen LogP contribution >= 0.6 is 0 Å². The molecule has 3 fully saturated rings. The zero-order valence-corrected chi connectivity index (χ0v) is 49.2. The molecule has 4 N–H and O–H groups in total. The van der Waals surface area contributed by atoms with Gasteiger partial charge in [-0.05, 0) is 109 Å². The van der Waals surface area contributed by atoms with Crippen molar-refractivity contribution in [2.24, 2.45) is 29.1 Å². The number of likely N-dealkylation sites (N-methyl/N-ethyl adjacent to an activating group) is 1. The molecule has 1 aromatic heterocycles. The molecule has 4 aliphatic rings. The number of methoxy groups -OCH3 is 1. The standard InChI is InChI=1S/C57H96N8O12/c1-17-48-57(12,70)51(67)39(6)62(14)31-35(2)29-55(9,10)53(37(4)50(38(5)54(69)76-48)47-30-56(11,71-16)52(68)40(7)75-47)77-49-28-45(27-36(3)74-49)61(13)25-23-44-33-64(60-63(44)15)24-18-26-72-46-21-19-43(20-22-46)65-32-42(58-59-65)34-73-41(8)66/h19-22,32-33,35-40,45,47-53,60,67-68,70H,17-18,23-31,34H2,1-16H3/t35-,36-,37+,38-,39-,40+,45+,47?,48-,49+,50+,51-,52+,53-,56-,57-/m1/s1. The Kier molecular flexibility index (Phi) is 21.5. The monoisotopic (exact) mass is 1080 g/mol. The molecular formula is C57H96N8O12. The van der Waals surface area contributed by atoms with Gasteiger partial charge in [-0.25, -0.2) is 4.68 Å². The van der Waals surface area contributed by atoms with Gasteiger partial charge in [0.25, 0.3) is 0 Å². The summed E-state index contributed by atoms with van der Waals surface area (Å²) in [6, 6.07) is 7.33. The van der Waals surface area contributed by atoms with Crippen molar-refractivity contribution in [3.05, 3.63) is 48.1 Å². The number of esters is 2. The van der Waals surface area contributed by atoms with Crippen LogP contribution in [-0.2, 0) is 44.6 Å². The number of nitrogens with zero attached hydrogens (tertiary/aromatic N) is 7. The number of carbonyl (C=O) groups is 2. The molecule has 4 aliphatic heterocycles. The first-order valence-electron chi connectivity index (χ1n) is 28.1. The highest BCUT2D eigenvalue weighted by Gasteiger charge is 2.54. The molecule has 0 bridgehead atoms. The zero-order valence-electron chi connectivity index (χ0n) is 49.2. The second-order valence-corrected chi connectivity index (χ2v) is 24.1. The molecule has 436 valence electrons. The minimum atomic E-state index is -1.74. The Hall–Kier alpha value is -3.96. The number of hydrogen-bond acceptors (Lipinski definition) is 19. The largest absolute Gasteiger partial charge is 0.494 e. The molecule has 3 saturated heterocycles.